The summed E-state index contributed by atoms with van der Waals surface area (Å²) in [6, 6.07) is 28.6. The molecule has 0 aliphatic rings. The van der Waals surface area contributed by atoms with E-state index in [0.717, 1.165) is 40.1 Å². The van der Waals surface area contributed by atoms with E-state index < -0.39 is 23.4 Å². The monoisotopic (exact) mass is 1290 g/mol. The summed E-state index contributed by atoms with van der Waals surface area (Å²) in [5.41, 5.74) is 18.8. The molecule has 404 valence electrons. The number of nitrogens with one attached hydrogen (secondary N) is 1. The van der Waals surface area contributed by atoms with Crippen molar-refractivity contribution >= 4 is 101 Å². The molecule has 0 atom stereocenters. The first-order valence-electron chi connectivity index (χ1n) is 23.4. The van der Waals surface area contributed by atoms with Crippen LogP contribution in [0.1, 0.15) is 58.2 Å². The smallest absolute Gasteiger partial charge is 0.425 e. The van der Waals surface area contributed by atoms with Gasteiger partial charge in [-0.15, -0.1) is 23.2 Å². The van der Waals surface area contributed by atoms with Crippen molar-refractivity contribution in [2.75, 3.05) is 23.4 Å². The Morgan fingerprint density at radius 2 is 0.885 bits per heavy atom. The molecule has 78 heavy (non-hydrogen) atoms. The van der Waals surface area contributed by atoms with Crippen molar-refractivity contribution in [3.8, 4) is 68.1 Å². The molecule has 0 radical (unpaired) electrons. The minimum Gasteiger partial charge on any atom is -0.443 e. The van der Waals surface area contributed by atoms with Crippen molar-refractivity contribution in [2.45, 2.75) is 71.0 Å². The average Bonchev–Trinajstić information content (AvgIpc) is 4.30. The van der Waals surface area contributed by atoms with E-state index in [-0.39, 0.29) is 17.3 Å². The maximum absolute atomic E-state index is 13.1. The van der Waals surface area contributed by atoms with Crippen LogP contribution in [0.3, 0.4) is 0 Å². The van der Waals surface area contributed by atoms with Gasteiger partial charge in [0.15, 0.2) is 51.8 Å². The third-order valence-electron chi connectivity index (χ3n) is 10.3. The van der Waals surface area contributed by atoms with E-state index in [0.29, 0.717) is 76.4 Å². The summed E-state index contributed by atoms with van der Waals surface area (Å²) in [6.07, 6.45) is 2.47. The maximum atomic E-state index is 13.1. The molecule has 0 aliphatic carbocycles. The van der Waals surface area contributed by atoms with Crippen LogP contribution in [0.2, 0.25) is 0 Å². The molecule has 0 aliphatic heterocycles. The van der Waals surface area contributed by atoms with Gasteiger partial charge in [0.2, 0.25) is 0 Å². The van der Waals surface area contributed by atoms with E-state index in [1.807, 2.05) is 79.8 Å². The number of nitrogens with two attached hydrogens (primary N) is 2. The van der Waals surface area contributed by atoms with Crippen LogP contribution < -0.4 is 21.7 Å². The van der Waals surface area contributed by atoms with Gasteiger partial charge in [-0.25, -0.2) is 39.5 Å². The number of hydrogen-bond acceptors (Lipinski definition) is 19. The van der Waals surface area contributed by atoms with Crippen molar-refractivity contribution in [1.29, 1.82) is 0 Å². The number of benzene rings is 3. The second-order valence-electron chi connectivity index (χ2n) is 18.6. The summed E-state index contributed by atoms with van der Waals surface area (Å²) in [6.45, 7) is 10.9. The molecule has 5 N–H and O–H groups in total. The van der Waals surface area contributed by atoms with E-state index in [2.05, 4.69) is 98.5 Å². The fourth-order valence-corrected chi connectivity index (χ4v) is 7.96. The molecule has 0 saturated heterocycles. The molecular weight excluding hydrogens is 1240 g/mol. The Labute approximate surface area is 483 Å². The highest BCUT2D eigenvalue weighted by Gasteiger charge is 2.37. The molecule has 0 unspecified atom stereocenters. The van der Waals surface area contributed by atoms with Crippen LogP contribution in [0, 0.1) is 0 Å². The summed E-state index contributed by atoms with van der Waals surface area (Å²) >= 11 is 21.5. The van der Waals surface area contributed by atoms with Crippen LogP contribution >= 0.6 is 71.0 Å². The number of rotatable bonds is 11. The largest absolute Gasteiger partial charge is 0.443 e. The van der Waals surface area contributed by atoms with Gasteiger partial charge in [-0.3, -0.25) is 0 Å². The highest BCUT2D eigenvalue weighted by molar-refractivity contribution is 9.11. The van der Waals surface area contributed by atoms with Gasteiger partial charge in [-0.05, 0) is 113 Å². The molecule has 20 nitrogen and oxygen atoms in total. The van der Waals surface area contributed by atoms with Crippen LogP contribution in [0.5, 0.6) is 0 Å². The third kappa shape index (κ3) is 15.8. The lowest BCUT2D eigenvalue weighted by Crippen LogP contribution is -2.44. The summed E-state index contributed by atoms with van der Waals surface area (Å²) in [5.74, 6) is 2.48. The lowest BCUT2D eigenvalue weighted by Gasteiger charge is -2.28. The molecule has 0 saturated carbocycles. The first-order chi connectivity index (χ1) is 37.1. The van der Waals surface area contributed by atoms with Crippen LogP contribution in [0.15, 0.2) is 137 Å². The number of ether oxygens (including phenoxy) is 2. The fourth-order valence-electron chi connectivity index (χ4n) is 6.76. The molecular formula is C53H50Br3Cl2N13O7. The number of imide groups is 1. The predicted molar refractivity (Wildman–Crippen MR) is 308 cm³/mol. The van der Waals surface area contributed by atoms with Crippen molar-refractivity contribution in [2.24, 2.45) is 0 Å². The quantitative estimate of drug-likeness (QED) is 0.101. The number of carbonyl (C=O) groups excluding carboxylic acids is 2. The molecule has 9 aromatic rings. The van der Waals surface area contributed by atoms with Crippen LogP contribution in [0.4, 0.5) is 27.0 Å². The Kier molecular flexibility index (Phi) is 19.5. The summed E-state index contributed by atoms with van der Waals surface area (Å²) < 4.78 is 28.6. The molecule has 25 heteroatoms. The Balaban J connectivity index is 0.000000178. The molecule has 2 amide bonds. The topological polar surface area (TPSA) is 275 Å². The highest BCUT2D eigenvalue weighted by atomic mass is 79.9. The van der Waals surface area contributed by atoms with E-state index in [1.54, 1.807) is 59.7 Å². The number of aromatic nitrogens is 9. The molecule has 0 spiro atoms. The molecule has 6 heterocycles. The first-order valence-corrected chi connectivity index (χ1v) is 26.9. The van der Waals surface area contributed by atoms with Crippen LogP contribution in [0.25, 0.3) is 68.1 Å². The SMILES string of the molecule is CC(C)(C)OC(=O)N(C(=O)OC(C)(C)C)c1ncc(Br)nc1-c1cc(-c2ccc(CCl)cc2)no1.CNCc1ccc(-c2cc(-c3nc(Br)cnc3N)on2)cc1.Nc1ncc(Br)nc1-c1cc(-c2ccc(CCl)cc2)no1. The summed E-state index contributed by atoms with van der Waals surface area (Å²) in [4.78, 5) is 52.2. The number of nitrogens with zero attached hydrogens (tertiary/aromatic N) is 10. The van der Waals surface area contributed by atoms with E-state index in [4.69, 9.17) is 57.7 Å². The lowest BCUT2D eigenvalue weighted by molar-refractivity contribution is 0.0429. The Morgan fingerprint density at radius 3 is 1.23 bits per heavy atom. The second kappa shape index (κ2) is 26.0. The van der Waals surface area contributed by atoms with Gasteiger partial charge in [-0.2, -0.15) is 4.90 Å². The fraction of sp³-hybridized carbons (Fsp3) is 0.226. The van der Waals surface area contributed by atoms with Crippen LogP contribution in [-0.2, 0) is 27.8 Å². The zero-order chi connectivity index (χ0) is 56.3. The Morgan fingerprint density at radius 1 is 0.551 bits per heavy atom. The minimum atomic E-state index is -0.971. The zero-order valence-corrected chi connectivity index (χ0v) is 49.2. The molecule has 0 fully saturated rings. The highest BCUT2D eigenvalue weighted by Crippen LogP contribution is 2.35. The summed E-state index contributed by atoms with van der Waals surface area (Å²) in [5, 5.41) is 15.4. The standard InChI is InChI=1S/C24H26BrClN4O5.C15H14BrN5O.C14H10BrClN4O/c1-23(2,3)33-21(31)30(22(32)34-24(4,5)6)20-19(28-18(25)13-27-20)17-11-16(29-35-17)15-9-7-14(12-26)8-10-15;1-18-7-9-2-4-10(5-3-9)11-6-12(22-21-11)14-15(17)19-8-13(16)20-14;15-12-7-18-14(17)13(19-12)11-5-10(20-21-11)9-3-1-8(6-16)2-4-9/h7-11,13H,12H2,1-6H3;2-6,8,18H,7H2,1H3,(H2,17,19);1-5,7H,6H2,(H2,17,18). The number of halogens is 5. The average molecular weight is 1290 g/mol. The van der Waals surface area contributed by atoms with Gasteiger partial charge in [0.1, 0.15) is 42.1 Å². The molecule has 6 aromatic heterocycles. The summed E-state index contributed by atoms with van der Waals surface area (Å²) in [7, 11) is 1.92. The number of alkyl halides is 2. The predicted octanol–water partition coefficient (Wildman–Crippen LogP) is 13.7. The van der Waals surface area contributed by atoms with Gasteiger partial charge in [-0.1, -0.05) is 88.3 Å². The first kappa shape index (κ1) is 58.5. The lowest BCUT2D eigenvalue weighted by atomic mass is 10.1. The number of amides is 2. The van der Waals surface area contributed by atoms with E-state index in [9.17, 15) is 9.59 Å². The minimum absolute atomic E-state index is 0.0900. The number of nitrogen functional groups attached to an aromatic ring is 2. The van der Waals surface area contributed by atoms with Gasteiger partial charge < -0.3 is 39.8 Å². The number of hydrogen-bond donors (Lipinski definition) is 3. The van der Waals surface area contributed by atoms with Gasteiger partial charge in [0, 0.05) is 53.2 Å². The van der Waals surface area contributed by atoms with Crippen molar-refractivity contribution in [1.82, 2.24) is 50.7 Å². The van der Waals surface area contributed by atoms with E-state index >= 15 is 0 Å². The van der Waals surface area contributed by atoms with Gasteiger partial charge >= 0.3 is 12.2 Å². The molecule has 3 aromatic carbocycles. The normalized spacial score (nSPS) is 11.2. The van der Waals surface area contributed by atoms with Crippen molar-refractivity contribution in [3.05, 3.63) is 140 Å². The number of carbonyl (C=O) groups is 2. The third-order valence-corrected chi connectivity index (χ3v) is 12.1. The Bertz CT molecular complexity index is 3470. The molecule has 0 bridgehead atoms. The Hall–Kier alpha value is -7.15. The maximum Gasteiger partial charge on any atom is 0.425 e. The second-order valence-corrected chi connectivity index (χ2v) is 21.6. The van der Waals surface area contributed by atoms with Gasteiger partial charge in [0.25, 0.3) is 0 Å². The van der Waals surface area contributed by atoms with Crippen molar-refractivity contribution < 1.29 is 32.6 Å². The van der Waals surface area contributed by atoms with Gasteiger partial charge in [0.05, 0.1) is 18.6 Å². The number of anilines is 3. The molecule has 9 rings (SSSR count). The van der Waals surface area contributed by atoms with E-state index in [1.165, 1.54) is 24.2 Å². The van der Waals surface area contributed by atoms with Crippen molar-refractivity contribution in [3.63, 3.8) is 0 Å². The van der Waals surface area contributed by atoms with Crippen LogP contribution in [-0.4, -0.2) is 75.8 Å². The zero-order valence-electron chi connectivity index (χ0n) is 42.9.